The molecule has 4 nitrogen and oxygen atoms in total. The maximum absolute atomic E-state index is 10.7. The van der Waals surface area contributed by atoms with Gasteiger partial charge in [-0.1, -0.05) is 20.4 Å². The van der Waals surface area contributed by atoms with E-state index in [1.807, 2.05) is 6.20 Å². The summed E-state index contributed by atoms with van der Waals surface area (Å²) < 4.78 is 5.88. The molecule has 136 valence electrons. The van der Waals surface area contributed by atoms with Crippen molar-refractivity contribution in [1.29, 1.82) is 0 Å². The van der Waals surface area contributed by atoms with E-state index in [2.05, 4.69) is 31.4 Å². The molecule has 1 aromatic rings. The fraction of sp³-hybridized carbons (Fsp3) is 0.667. The number of rotatable bonds is 6. The average molecular weight is 342 g/mol. The summed E-state index contributed by atoms with van der Waals surface area (Å²) >= 11 is 0. The maximum Gasteiger partial charge on any atom is 0.138 e. The van der Waals surface area contributed by atoms with Crippen molar-refractivity contribution in [3.05, 3.63) is 30.1 Å². The molecular weight excluding hydrogens is 312 g/mol. The first-order chi connectivity index (χ1) is 12.0. The lowest BCUT2D eigenvalue weighted by Crippen LogP contribution is -2.57. The molecule has 0 spiro atoms. The molecule has 0 bridgehead atoms. The van der Waals surface area contributed by atoms with E-state index in [1.165, 1.54) is 18.4 Å². The van der Waals surface area contributed by atoms with Crippen LogP contribution >= 0.6 is 0 Å². The first kappa shape index (κ1) is 16.9. The molecule has 1 aromatic heterocycles. The molecule has 1 N–H and O–H groups in total. The molecule has 2 heterocycles. The second-order valence-electron chi connectivity index (χ2n) is 8.56. The zero-order valence-electron chi connectivity index (χ0n) is 15.5. The molecule has 0 radical (unpaired) electrons. The normalized spacial score (nSPS) is 28.7. The Kier molecular flexibility index (Phi) is 4.27. The van der Waals surface area contributed by atoms with Crippen LogP contribution < -0.4 is 9.64 Å². The number of aryl methyl sites for hydroxylation is 1. The lowest BCUT2D eigenvalue weighted by Gasteiger charge is -2.51. The van der Waals surface area contributed by atoms with E-state index in [0.717, 1.165) is 56.0 Å². The van der Waals surface area contributed by atoms with Crippen LogP contribution in [0, 0.1) is 11.8 Å². The number of ether oxygens (including phenoxy) is 1. The van der Waals surface area contributed by atoms with Crippen molar-refractivity contribution in [2.45, 2.75) is 70.4 Å². The number of fused-ring (bicyclic) bond motifs is 1. The molecule has 0 unspecified atom stereocenters. The van der Waals surface area contributed by atoms with Gasteiger partial charge < -0.3 is 14.7 Å². The Balaban J connectivity index is 1.47. The van der Waals surface area contributed by atoms with E-state index in [9.17, 15) is 5.11 Å². The van der Waals surface area contributed by atoms with Crippen molar-refractivity contribution < 1.29 is 9.84 Å². The third kappa shape index (κ3) is 3.29. The van der Waals surface area contributed by atoms with Gasteiger partial charge in [0, 0.05) is 11.7 Å². The minimum Gasteiger partial charge on any atom is -0.492 e. The highest BCUT2D eigenvalue weighted by Gasteiger charge is 2.54. The summed E-state index contributed by atoms with van der Waals surface area (Å²) in [4.78, 5) is 7.00. The largest absolute Gasteiger partial charge is 0.492 e. The Morgan fingerprint density at radius 1 is 1.36 bits per heavy atom. The molecule has 4 rings (SSSR count). The fourth-order valence-corrected chi connectivity index (χ4v) is 4.25. The second-order valence-corrected chi connectivity index (χ2v) is 8.56. The quantitative estimate of drug-likeness (QED) is 0.846. The molecule has 2 fully saturated rings. The molecule has 2 saturated carbocycles. The minimum absolute atomic E-state index is 0.345. The van der Waals surface area contributed by atoms with Gasteiger partial charge in [0.25, 0.3) is 0 Å². The van der Waals surface area contributed by atoms with E-state index in [4.69, 9.17) is 9.72 Å². The Labute approximate surface area is 150 Å². The summed E-state index contributed by atoms with van der Waals surface area (Å²) in [5.41, 5.74) is 1.95. The van der Waals surface area contributed by atoms with Crippen LogP contribution in [0.5, 0.6) is 5.75 Å². The Morgan fingerprint density at radius 3 is 2.80 bits per heavy atom. The summed E-state index contributed by atoms with van der Waals surface area (Å²) in [6, 6.07) is 2.49. The van der Waals surface area contributed by atoms with Gasteiger partial charge in [-0.25, -0.2) is 4.98 Å². The van der Waals surface area contributed by atoms with Gasteiger partial charge in [-0.3, -0.25) is 0 Å². The average Bonchev–Trinajstić information content (AvgIpc) is 3.37. The van der Waals surface area contributed by atoms with Gasteiger partial charge in [0.2, 0.25) is 0 Å². The number of aromatic nitrogens is 1. The van der Waals surface area contributed by atoms with Crippen molar-refractivity contribution in [3.8, 4) is 5.75 Å². The monoisotopic (exact) mass is 342 g/mol. The number of allylic oxidation sites excluding steroid dienone is 1. The predicted octanol–water partition coefficient (Wildman–Crippen LogP) is 4.08. The first-order valence-electron chi connectivity index (χ1n) is 9.77. The maximum atomic E-state index is 10.7. The number of pyridine rings is 1. The molecular formula is C21H30N2O2. The van der Waals surface area contributed by atoms with Gasteiger partial charge in [0.1, 0.15) is 11.6 Å². The standard InChI is InChI=1S/C21H30N2O2/c1-14(2)8-9-25-19-10-16-5-4-15(3)23(20(16)22-13-19)18-11-21(24,12-18)17-6-7-17/h10,13-14,17-18,24H,3-9,11-12H2,1-2H3/t18-,21+. The van der Waals surface area contributed by atoms with Crippen molar-refractivity contribution in [3.63, 3.8) is 0 Å². The highest BCUT2D eigenvalue weighted by Crippen LogP contribution is 2.53. The van der Waals surface area contributed by atoms with Gasteiger partial charge in [0.15, 0.2) is 0 Å². The molecule has 3 aliphatic rings. The van der Waals surface area contributed by atoms with Crippen LogP contribution in [0.1, 0.15) is 57.9 Å². The van der Waals surface area contributed by atoms with Crippen LogP contribution in [0.15, 0.2) is 24.5 Å². The lowest BCUT2D eigenvalue weighted by atomic mass is 9.71. The summed E-state index contributed by atoms with van der Waals surface area (Å²) in [6.07, 6.45) is 8.92. The molecule has 25 heavy (non-hydrogen) atoms. The van der Waals surface area contributed by atoms with Crippen molar-refractivity contribution in [2.75, 3.05) is 11.5 Å². The molecule has 0 atom stereocenters. The summed E-state index contributed by atoms with van der Waals surface area (Å²) in [5.74, 6) is 3.07. The van der Waals surface area contributed by atoms with E-state index in [1.54, 1.807) is 0 Å². The van der Waals surface area contributed by atoms with Crippen LogP contribution in [0.3, 0.4) is 0 Å². The Morgan fingerprint density at radius 2 is 2.12 bits per heavy atom. The number of aliphatic hydroxyl groups is 1. The summed E-state index contributed by atoms with van der Waals surface area (Å²) in [5, 5.41) is 10.7. The Bertz CT molecular complexity index is 660. The molecule has 4 heteroatoms. The van der Waals surface area contributed by atoms with Gasteiger partial charge >= 0.3 is 0 Å². The van der Waals surface area contributed by atoms with Crippen LogP contribution in [0.2, 0.25) is 0 Å². The van der Waals surface area contributed by atoms with E-state index < -0.39 is 5.60 Å². The van der Waals surface area contributed by atoms with Crippen molar-refractivity contribution in [1.82, 2.24) is 4.98 Å². The van der Waals surface area contributed by atoms with Gasteiger partial charge in [-0.15, -0.1) is 0 Å². The minimum atomic E-state index is -0.428. The topological polar surface area (TPSA) is 45.6 Å². The SMILES string of the molecule is C=C1CCc2cc(OCCC(C)C)cnc2N1[C@H]1C[C@](O)(C2CC2)C1. The van der Waals surface area contributed by atoms with Crippen LogP contribution in [-0.4, -0.2) is 28.3 Å². The highest BCUT2D eigenvalue weighted by molar-refractivity contribution is 5.58. The van der Waals surface area contributed by atoms with Crippen molar-refractivity contribution in [2.24, 2.45) is 11.8 Å². The summed E-state index contributed by atoms with van der Waals surface area (Å²) in [7, 11) is 0. The van der Waals surface area contributed by atoms with Crippen LogP contribution in [0.25, 0.3) is 0 Å². The molecule has 0 aromatic carbocycles. The van der Waals surface area contributed by atoms with Gasteiger partial charge in [-0.2, -0.15) is 0 Å². The smallest absolute Gasteiger partial charge is 0.138 e. The predicted molar refractivity (Wildman–Crippen MR) is 99.8 cm³/mol. The van der Waals surface area contributed by atoms with E-state index >= 15 is 0 Å². The van der Waals surface area contributed by atoms with Gasteiger partial charge in [0.05, 0.1) is 18.4 Å². The molecule has 0 saturated heterocycles. The zero-order valence-corrected chi connectivity index (χ0v) is 15.5. The zero-order chi connectivity index (χ0) is 17.6. The van der Waals surface area contributed by atoms with Crippen molar-refractivity contribution >= 4 is 5.82 Å². The second kappa shape index (κ2) is 6.31. The lowest BCUT2D eigenvalue weighted by molar-refractivity contribution is -0.0662. The molecule has 0 amide bonds. The first-order valence-corrected chi connectivity index (χ1v) is 9.77. The fourth-order valence-electron chi connectivity index (χ4n) is 4.25. The van der Waals surface area contributed by atoms with E-state index in [0.29, 0.717) is 17.9 Å². The summed E-state index contributed by atoms with van der Waals surface area (Å²) in [6.45, 7) is 9.43. The third-order valence-corrected chi connectivity index (χ3v) is 6.01. The van der Waals surface area contributed by atoms with Crippen LogP contribution in [0.4, 0.5) is 5.82 Å². The molecule has 2 aliphatic carbocycles. The number of hydrogen-bond acceptors (Lipinski definition) is 4. The highest BCUT2D eigenvalue weighted by atomic mass is 16.5. The number of nitrogens with zero attached hydrogens (tertiary/aromatic N) is 2. The molecule has 1 aliphatic heterocycles. The van der Waals surface area contributed by atoms with Gasteiger partial charge in [-0.05, 0) is 68.4 Å². The number of anilines is 1. The van der Waals surface area contributed by atoms with Crippen LogP contribution in [-0.2, 0) is 6.42 Å². The number of hydrogen-bond donors (Lipinski definition) is 1. The Hall–Kier alpha value is -1.55. The van der Waals surface area contributed by atoms with E-state index in [-0.39, 0.29) is 0 Å². The third-order valence-electron chi connectivity index (χ3n) is 6.01.